The number of nitrogens with zero attached hydrogens (tertiary/aromatic N) is 3. The highest BCUT2D eigenvalue weighted by atomic mass is 32.2. The minimum Gasteiger partial charge on any atom is -0.385 e. The molecule has 0 bridgehead atoms. The van der Waals surface area contributed by atoms with Gasteiger partial charge in [0.05, 0.1) is 5.39 Å². The van der Waals surface area contributed by atoms with Crippen LogP contribution >= 0.6 is 23.1 Å². The fraction of sp³-hybridized carbons (Fsp3) is 0.684. The normalized spacial score (nSPS) is 14.3. The molecule has 0 aromatic carbocycles. The summed E-state index contributed by atoms with van der Waals surface area (Å²) in [6, 6.07) is 0. The Balaban J connectivity index is 1.94. The smallest absolute Gasteiger partial charge is 0.263 e. The summed E-state index contributed by atoms with van der Waals surface area (Å²) >= 11 is 3.42. The predicted molar refractivity (Wildman–Crippen MR) is 111 cm³/mol. The number of aromatic nitrogens is 2. The maximum absolute atomic E-state index is 13.3. The van der Waals surface area contributed by atoms with Crippen LogP contribution in [-0.4, -0.2) is 54.6 Å². The van der Waals surface area contributed by atoms with Crippen LogP contribution in [0.15, 0.2) is 9.95 Å². The largest absolute Gasteiger partial charge is 0.385 e. The first-order valence-electron chi connectivity index (χ1n) is 9.43. The third-order valence-electron chi connectivity index (χ3n) is 4.75. The monoisotopic (exact) mass is 395 g/mol. The van der Waals surface area contributed by atoms with E-state index in [0.717, 1.165) is 66.5 Å². The lowest BCUT2D eigenvalue weighted by atomic mass is 9.97. The molecule has 0 saturated heterocycles. The van der Waals surface area contributed by atoms with Crippen LogP contribution in [0.1, 0.15) is 36.1 Å². The second kappa shape index (κ2) is 9.35. The van der Waals surface area contributed by atoms with Crippen molar-refractivity contribution in [1.29, 1.82) is 0 Å². The SMILES string of the molecule is COCCCSc1nc2sc3c(c2c(=O)n1CCCN(C)C)CCCC3. The number of fused-ring (bicyclic) bond motifs is 3. The number of methoxy groups -OCH3 is 1. The van der Waals surface area contributed by atoms with Crippen molar-refractivity contribution in [3.8, 4) is 0 Å². The Kier molecular flexibility index (Phi) is 7.14. The van der Waals surface area contributed by atoms with Crippen LogP contribution in [0.4, 0.5) is 0 Å². The van der Waals surface area contributed by atoms with Gasteiger partial charge in [-0.2, -0.15) is 0 Å². The standard InChI is InChI=1S/C19H29N3O2S2/c1-21(2)10-6-11-22-18(23)16-14-8-4-5-9-15(14)26-17(16)20-19(22)25-13-7-12-24-3/h4-13H2,1-3H3. The second-order valence-electron chi connectivity index (χ2n) is 7.09. The van der Waals surface area contributed by atoms with E-state index in [-0.39, 0.29) is 5.56 Å². The summed E-state index contributed by atoms with van der Waals surface area (Å²) in [4.78, 5) is 22.7. The van der Waals surface area contributed by atoms with E-state index in [1.807, 2.05) is 4.57 Å². The van der Waals surface area contributed by atoms with E-state index in [9.17, 15) is 4.79 Å². The molecule has 2 heterocycles. The van der Waals surface area contributed by atoms with Crippen molar-refractivity contribution in [2.45, 2.75) is 50.2 Å². The van der Waals surface area contributed by atoms with Gasteiger partial charge in [-0.25, -0.2) is 4.98 Å². The van der Waals surface area contributed by atoms with Gasteiger partial charge in [-0.3, -0.25) is 9.36 Å². The Bertz CT molecular complexity index is 798. The van der Waals surface area contributed by atoms with Crippen LogP contribution in [0.3, 0.4) is 0 Å². The summed E-state index contributed by atoms with van der Waals surface area (Å²) in [7, 11) is 5.86. The summed E-state index contributed by atoms with van der Waals surface area (Å²) in [6.07, 6.45) is 6.48. The first kappa shape index (κ1) is 19.9. The number of aryl methyl sites for hydroxylation is 2. The molecule has 0 saturated carbocycles. The van der Waals surface area contributed by atoms with Crippen LogP contribution in [0.25, 0.3) is 10.2 Å². The summed E-state index contributed by atoms with van der Waals surface area (Å²) < 4.78 is 7.07. The third kappa shape index (κ3) is 4.50. The fourth-order valence-corrected chi connectivity index (χ4v) is 5.68. The van der Waals surface area contributed by atoms with E-state index < -0.39 is 0 Å². The van der Waals surface area contributed by atoms with Gasteiger partial charge in [0.2, 0.25) is 0 Å². The summed E-state index contributed by atoms with van der Waals surface area (Å²) in [5, 5.41) is 1.77. The summed E-state index contributed by atoms with van der Waals surface area (Å²) in [5.41, 5.74) is 1.45. The molecule has 0 radical (unpaired) electrons. The van der Waals surface area contributed by atoms with Crippen LogP contribution < -0.4 is 5.56 Å². The average molecular weight is 396 g/mol. The lowest BCUT2D eigenvalue weighted by Gasteiger charge is -2.15. The molecule has 2 aromatic heterocycles. The van der Waals surface area contributed by atoms with Crippen molar-refractivity contribution in [3.05, 3.63) is 20.8 Å². The van der Waals surface area contributed by atoms with Crippen LogP contribution in [0, 0.1) is 0 Å². The lowest BCUT2D eigenvalue weighted by molar-refractivity contribution is 0.200. The number of rotatable bonds is 9. The van der Waals surface area contributed by atoms with Crippen LogP contribution in [-0.2, 0) is 24.1 Å². The molecule has 1 aliphatic carbocycles. The maximum Gasteiger partial charge on any atom is 0.263 e. The molecule has 0 atom stereocenters. The number of ether oxygens (including phenoxy) is 1. The van der Waals surface area contributed by atoms with Crippen molar-refractivity contribution in [2.75, 3.05) is 40.1 Å². The first-order chi connectivity index (χ1) is 12.6. The molecule has 0 N–H and O–H groups in total. The lowest BCUT2D eigenvalue weighted by Crippen LogP contribution is -2.26. The van der Waals surface area contributed by atoms with E-state index in [2.05, 4.69) is 19.0 Å². The Morgan fingerprint density at radius 1 is 1.27 bits per heavy atom. The highest BCUT2D eigenvalue weighted by Crippen LogP contribution is 2.34. The van der Waals surface area contributed by atoms with Gasteiger partial charge in [0.15, 0.2) is 5.16 Å². The Labute approximate surface area is 163 Å². The van der Waals surface area contributed by atoms with Crippen LogP contribution in [0.2, 0.25) is 0 Å². The van der Waals surface area contributed by atoms with Gasteiger partial charge in [-0.15, -0.1) is 11.3 Å². The maximum atomic E-state index is 13.3. The average Bonchev–Trinajstić information content (AvgIpc) is 2.99. The van der Waals surface area contributed by atoms with Crippen molar-refractivity contribution in [3.63, 3.8) is 0 Å². The van der Waals surface area contributed by atoms with E-state index in [0.29, 0.717) is 0 Å². The molecule has 0 unspecified atom stereocenters. The van der Waals surface area contributed by atoms with Gasteiger partial charge in [-0.1, -0.05) is 11.8 Å². The minimum atomic E-state index is 0.169. The van der Waals surface area contributed by atoms with Gasteiger partial charge in [-0.05, 0) is 64.7 Å². The van der Waals surface area contributed by atoms with Crippen LogP contribution in [0.5, 0.6) is 0 Å². The highest BCUT2D eigenvalue weighted by Gasteiger charge is 2.22. The van der Waals surface area contributed by atoms with Gasteiger partial charge in [0.25, 0.3) is 5.56 Å². The molecule has 144 valence electrons. The van der Waals surface area contributed by atoms with Gasteiger partial charge in [0.1, 0.15) is 4.83 Å². The van der Waals surface area contributed by atoms with E-state index in [1.165, 1.54) is 23.3 Å². The predicted octanol–water partition coefficient (Wildman–Crippen LogP) is 3.42. The van der Waals surface area contributed by atoms with Gasteiger partial charge in [0, 0.05) is 30.9 Å². The van der Waals surface area contributed by atoms with Crippen molar-refractivity contribution < 1.29 is 4.74 Å². The molecule has 0 spiro atoms. The van der Waals surface area contributed by atoms with Gasteiger partial charge < -0.3 is 9.64 Å². The molecular formula is C19H29N3O2S2. The second-order valence-corrected chi connectivity index (χ2v) is 9.24. The zero-order valence-corrected chi connectivity index (χ0v) is 17.7. The first-order valence-corrected chi connectivity index (χ1v) is 11.2. The Hall–Kier alpha value is -0.890. The molecule has 3 rings (SSSR count). The molecular weight excluding hydrogens is 366 g/mol. The van der Waals surface area contributed by atoms with Crippen molar-refractivity contribution in [1.82, 2.24) is 14.5 Å². The van der Waals surface area contributed by atoms with E-state index in [1.54, 1.807) is 30.2 Å². The molecule has 0 fully saturated rings. The number of hydrogen-bond donors (Lipinski definition) is 0. The number of hydrogen-bond acceptors (Lipinski definition) is 6. The summed E-state index contributed by atoms with van der Waals surface area (Å²) in [5.74, 6) is 0.921. The fourth-order valence-electron chi connectivity index (χ4n) is 3.44. The molecule has 1 aliphatic rings. The zero-order valence-electron chi connectivity index (χ0n) is 16.0. The van der Waals surface area contributed by atoms with Crippen molar-refractivity contribution in [2.24, 2.45) is 0 Å². The van der Waals surface area contributed by atoms with E-state index >= 15 is 0 Å². The number of thioether (sulfide) groups is 1. The highest BCUT2D eigenvalue weighted by molar-refractivity contribution is 7.99. The molecule has 0 amide bonds. The van der Waals surface area contributed by atoms with E-state index in [4.69, 9.17) is 9.72 Å². The topological polar surface area (TPSA) is 47.4 Å². The molecule has 2 aromatic rings. The molecule has 26 heavy (non-hydrogen) atoms. The zero-order chi connectivity index (χ0) is 18.5. The summed E-state index contributed by atoms with van der Waals surface area (Å²) in [6.45, 7) is 2.45. The van der Waals surface area contributed by atoms with Crippen molar-refractivity contribution >= 4 is 33.3 Å². The molecule has 0 aliphatic heterocycles. The third-order valence-corrected chi connectivity index (χ3v) is 7.00. The van der Waals surface area contributed by atoms with Gasteiger partial charge >= 0.3 is 0 Å². The Morgan fingerprint density at radius 3 is 2.85 bits per heavy atom. The quantitative estimate of drug-likeness (QED) is 0.370. The molecule has 5 nitrogen and oxygen atoms in total. The Morgan fingerprint density at radius 2 is 2.08 bits per heavy atom. The molecule has 7 heteroatoms. The minimum absolute atomic E-state index is 0.169. The number of thiophene rings is 1.